The number of nitrogens with two attached hydrogens (primary N) is 2. The lowest BCUT2D eigenvalue weighted by Gasteiger charge is -2.00. The first kappa shape index (κ1) is 13.0. The maximum atomic E-state index is 6.95. The van der Waals surface area contributed by atoms with Gasteiger partial charge in [0.15, 0.2) is 10.3 Å². The van der Waals surface area contributed by atoms with Crippen molar-refractivity contribution in [2.45, 2.75) is 0 Å². The van der Waals surface area contributed by atoms with Crippen LogP contribution in [-0.4, -0.2) is 33.3 Å². The first-order chi connectivity index (χ1) is 6.13. The molecule has 0 radical (unpaired) electrons. The van der Waals surface area contributed by atoms with Gasteiger partial charge in [0.1, 0.15) is 0 Å². The van der Waals surface area contributed by atoms with Crippen LogP contribution in [0.4, 0.5) is 0 Å². The van der Waals surface area contributed by atoms with E-state index in [0.29, 0.717) is 0 Å². The minimum atomic E-state index is 0.179. The van der Waals surface area contributed by atoms with E-state index in [2.05, 4.69) is 0 Å². The van der Waals surface area contributed by atoms with Crippen molar-refractivity contribution < 1.29 is 0 Å². The molecule has 0 bridgehead atoms. The molecule has 76 valence electrons. The van der Waals surface area contributed by atoms with E-state index in [9.17, 15) is 0 Å². The number of hydrogen-bond donors (Lipinski definition) is 4. The van der Waals surface area contributed by atoms with Crippen molar-refractivity contribution in [1.82, 2.24) is 0 Å². The highest BCUT2D eigenvalue weighted by atomic mass is 32.2. The summed E-state index contributed by atoms with van der Waals surface area (Å²) in [6.45, 7) is 0. The number of hydrogen-bond acceptors (Lipinski definition) is 5. The van der Waals surface area contributed by atoms with Gasteiger partial charge in [-0.15, -0.1) is 0 Å². The maximum absolute atomic E-state index is 6.95. The molecule has 0 aliphatic heterocycles. The standard InChI is InChI=1S/C6H14N4S3/c7-5(8)12-3-1-11-2-4-13-6(9)10/h1-4H2,(H3,7,8)(H3,9,10). The van der Waals surface area contributed by atoms with Gasteiger partial charge >= 0.3 is 0 Å². The van der Waals surface area contributed by atoms with Crippen molar-refractivity contribution in [2.75, 3.05) is 23.0 Å². The van der Waals surface area contributed by atoms with Crippen molar-refractivity contribution in [3.8, 4) is 0 Å². The molecular formula is C6H14N4S3. The number of rotatable bonds is 6. The molecule has 0 aromatic carbocycles. The Morgan fingerprint density at radius 3 is 1.54 bits per heavy atom. The first-order valence-corrected chi connectivity index (χ1v) is 6.77. The van der Waals surface area contributed by atoms with Gasteiger partial charge in [0.2, 0.25) is 0 Å². The fraction of sp³-hybridized carbons (Fsp3) is 0.667. The molecule has 0 aromatic rings. The second-order valence-electron chi connectivity index (χ2n) is 2.04. The van der Waals surface area contributed by atoms with Crippen LogP contribution in [0.15, 0.2) is 0 Å². The molecule has 0 saturated carbocycles. The van der Waals surface area contributed by atoms with E-state index >= 15 is 0 Å². The Kier molecular flexibility index (Phi) is 8.58. The van der Waals surface area contributed by atoms with Gasteiger partial charge in [-0.25, -0.2) is 0 Å². The van der Waals surface area contributed by atoms with Crippen molar-refractivity contribution in [2.24, 2.45) is 11.5 Å². The Morgan fingerprint density at radius 2 is 1.23 bits per heavy atom. The average molecular weight is 238 g/mol. The summed E-state index contributed by atoms with van der Waals surface area (Å²) in [5, 5.41) is 14.3. The zero-order valence-corrected chi connectivity index (χ0v) is 9.66. The number of thioether (sulfide) groups is 3. The van der Waals surface area contributed by atoms with E-state index in [1.165, 1.54) is 23.5 Å². The van der Waals surface area contributed by atoms with Gasteiger partial charge in [-0.05, 0) is 0 Å². The smallest absolute Gasteiger partial charge is 0.151 e. The van der Waals surface area contributed by atoms with Gasteiger partial charge in [0.25, 0.3) is 0 Å². The molecule has 0 rings (SSSR count). The Labute approximate surface area is 91.0 Å². The van der Waals surface area contributed by atoms with Gasteiger partial charge in [0.05, 0.1) is 0 Å². The monoisotopic (exact) mass is 238 g/mol. The molecule has 0 heterocycles. The largest absolute Gasteiger partial charge is 0.379 e. The zero-order valence-electron chi connectivity index (χ0n) is 7.21. The van der Waals surface area contributed by atoms with E-state index in [1.54, 1.807) is 11.8 Å². The molecule has 0 spiro atoms. The van der Waals surface area contributed by atoms with Gasteiger partial charge in [0, 0.05) is 23.0 Å². The van der Waals surface area contributed by atoms with Crippen LogP contribution in [0.1, 0.15) is 0 Å². The topological polar surface area (TPSA) is 99.7 Å². The van der Waals surface area contributed by atoms with Gasteiger partial charge in [-0.3, -0.25) is 10.8 Å². The average Bonchev–Trinajstić information content (AvgIpc) is 2.01. The Hall–Kier alpha value is -0.0100. The summed E-state index contributed by atoms with van der Waals surface area (Å²) in [7, 11) is 0. The molecule has 0 atom stereocenters. The van der Waals surface area contributed by atoms with Crippen LogP contribution >= 0.6 is 35.3 Å². The summed E-state index contributed by atoms with van der Waals surface area (Å²) in [6, 6.07) is 0. The van der Waals surface area contributed by atoms with E-state index in [4.69, 9.17) is 22.3 Å². The predicted octanol–water partition coefficient (Wildman–Crippen LogP) is 0.973. The molecular weight excluding hydrogens is 224 g/mol. The van der Waals surface area contributed by atoms with Crippen LogP contribution in [0.2, 0.25) is 0 Å². The molecule has 0 aliphatic rings. The Bertz CT molecular complexity index is 155. The highest BCUT2D eigenvalue weighted by Crippen LogP contribution is 2.09. The molecule has 6 N–H and O–H groups in total. The Balaban J connectivity index is 3.00. The molecule has 0 amide bonds. The van der Waals surface area contributed by atoms with E-state index in [0.717, 1.165) is 23.0 Å². The van der Waals surface area contributed by atoms with Crippen LogP contribution in [0.3, 0.4) is 0 Å². The molecule has 13 heavy (non-hydrogen) atoms. The number of amidine groups is 2. The molecule has 0 aliphatic carbocycles. The lowest BCUT2D eigenvalue weighted by molar-refractivity contribution is 1.47. The fourth-order valence-electron chi connectivity index (χ4n) is 0.523. The second-order valence-corrected chi connectivity index (χ2v) is 5.54. The minimum absolute atomic E-state index is 0.179. The first-order valence-electron chi connectivity index (χ1n) is 3.64. The second kappa shape index (κ2) is 8.58. The summed E-state index contributed by atoms with van der Waals surface area (Å²) in [5.41, 5.74) is 10.3. The van der Waals surface area contributed by atoms with Crippen LogP contribution in [0.25, 0.3) is 0 Å². The molecule has 0 fully saturated rings. The highest BCUT2D eigenvalue weighted by molar-refractivity contribution is 8.15. The minimum Gasteiger partial charge on any atom is -0.379 e. The molecule has 0 unspecified atom stereocenters. The lowest BCUT2D eigenvalue weighted by atomic mass is 10.9. The number of nitrogens with one attached hydrogen (secondary N) is 2. The molecule has 0 saturated heterocycles. The highest BCUT2D eigenvalue weighted by Gasteiger charge is 1.94. The zero-order chi connectivity index (χ0) is 10.1. The predicted molar refractivity (Wildman–Crippen MR) is 66.1 cm³/mol. The normalized spacial score (nSPS) is 9.85. The third kappa shape index (κ3) is 12.0. The molecule has 7 heteroatoms. The summed E-state index contributed by atoms with van der Waals surface area (Å²) in [6.07, 6.45) is 0. The molecule has 0 aromatic heterocycles. The van der Waals surface area contributed by atoms with Gasteiger partial charge in [-0.2, -0.15) is 11.8 Å². The van der Waals surface area contributed by atoms with Crippen molar-refractivity contribution in [1.29, 1.82) is 10.8 Å². The van der Waals surface area contributed by atoms with Crippen molar-refractivity contribution in [3.63, 3.8) is 0 Å². The van der Waals surface area contributed by atoms with Crippen LogP contribution in [0.5, 0.6) is 0 Å². The third-order valence-corrected chi connectivity index (χ3v) is 3.91. The van der Waals surface area contributed by atoms with E-state index in [-0.39, 0.29) is 10.3 Å². The van der Waals surface area contributed by atoms with Crippen LogP contribution < -0.4 is 11.5 Å². The SMILES string of the molecule is N=C(N)SCCSCCSC(=N)N. The van der Waals surface area contributed by atoms with Crippen LogP contribution in [0, 0.1) is 10.8 Å². The summed E-state index contributed by atoms with van der Waals surface area (Å²) >= 11 is 4.52. The van der Waals surface area contributed by atoms with E-state index < -0.39 is 0 Å². The summed E-state index contributed by atoms with van der Waals surface area (Å²) in [5.74, 6) is 3.74. The Morgan fingerprint density at radius 1 is 0.846 bits per heavy atom. The van der Waals surface area contributed by atoms with Gasteiger partial charge in [-0.1, -0.05) is 23.5 Å². The quantitative estimate of drug-likeness (QED) is 0.314. The van der Waals surface area contributed by atoms with Crippen LogP contribution in [-0.2, 0) is 0 Å². The third-order valence-electron chi connectivity index (χ3n) is 0.970. The summed E-state index contributed by atoms with van der Waals surface area (Å²) in [4.78, 5) is 0. The van der Waals surface area contributed by atoms with Gasteiger partial charge < -0.3 is 11.5 Å². The fourth-order valence-corrected chi connectivity index (χ4v) is 2.78. The maximum Gasteiger partial charge on any atom is 0.151 e. The lowest BCUT2D eigenvalue weighted by Crippen LogP contribution is -2.06. The van der Waals surface area contributed by atoms with Crippen molar-refractivity contribution in [3.05, 3.63) is 0 Å². The van der Waals surface area contributed by atoms with Crippen molar-refractivity contribution >= 4 is 45.6 Å². The van der Waals surface area contributed by atoms with E-state index in [1.807, 2.05) is 0 Å². The summed E-state index contributed by atoms with van der Waals surface area (Å²) < 4.78 is 0. The molecule has 4 nitrogen and oxygen atoms in total.